The van der Waals surface area contributed by atoms with Crippen LogP contribution < -0.4 is 15.8 Å². The third kappa shape index (κ3) is 4.51. The maximum absolute atomic E-state index is 12.4. The Bertz CT molecular complexity index is 915. The molecule has 1 aromatic carbocycles. The van der Waals surface area contributed by atoms with E-state index in [2.05, 4.69) is 20.2 Å². The highest BCUT2D eigenvalue weighted by atomic mass is 32.2. The molecule has 0 aliphatic carbocycles. The first-order valence-corrected chi connectivity index (χ1v) is 9.37. The number of sulfonamides is 1. The third-order valence-corrected chi connectivity index (χ3v) is 5.55. The molecule has 9 nitrogen and oxygen atoms in total. The van der Waals surface area contributed by atoms with Gasteiger partial charge in [0.25, 0.3) is 20.3 Å². The number of amides is 2. The Morgan fingerprint density at radius 3 is 2.40 bits per heavy atom. The number of para-hydroxylation sites is 1. The number of aromatic nitrogens is 2. The van der Waals surface area contributed by atoms with E-state index in [0.29, 0.717) is 11.3 Å². The number of hydrogen-bond acceptors (Lipinski definition) is 7. The summed E-state index contributed by atoms with van der Waals surface area (Å²) in [4.78, 5) is 23.3. The molecule has 0 radical (unpaired) electrons. The van der Waals surface area contributed by atoms with Crippen LogP contribution in [0.25, 0.3) is 0 Å². The summed E-state index contributed by atoms with van der Waals surface area (Å²) in [5.74, 6) is -1.09. The largest absolute Gasteiger partial charge is 0.366 e. The van der Waals surface area contributed by atoms with Crippen LogP contribution in [0, 0.1) is 5.41 Å². The standard InChI is InChI=1S/C14H17N5O4S2/c1-14(2,3)11(21)16-12-17-18-13(24-12)25(22,23)19-9-7-5-4-6-8(9)10(15)20/h4-7,19H,1-3H3,(H2,15,20)(H,16,17,21). The number of anilines is 2. The van der Waals surface area contributed by atoms with Crippen molar-refractivity contribution in [1.29, 1.82) is 0 Å². The van der Waals surface area contributed by atoms with E-state index in [1.54, 1.807) is 32.9 Å². The van der Waals surface area contributed by atoms with Gasteiger partial charge in [-0.05, 0) is 12.1 Å². The quantitative estimate of drug-likeness (QED) is 0.666. The fourth-order valence-corrected chi connectivity index (χ4v) is 3.61. The summed E-state index contributed by atoms with van der Waals surface area (Å²) in [7, 11) is -4.08. The number of rotatable bonds is 5. The van der Waals surface area contributed by atoms with Gasteiger partial charge in [-0.15, -0.1) is 10.2 Å². The number of nitrogens with one attached hydrogen (secondary N) is 2. The molecule has 1 aromatic heterocycles. The van der Waals surface area contributed by atoms with Gasteiger partial charge in [0, 0.05) is 5.41 Å². The van der Waals surface area contributed by atoms with Crippen LogP contribution >= 0.6 is 11.3 Å². The summed E-state index contributed by atoms with van der Waals surface area (Å²) < 4.78 is 26.7. The first-order chi connectivity index (χ1) is 11.5. The van der Waals surface area contributed by atoms with E-state index >= 15 is 0 Å². The van der Waals surface area contributed by atoms with Crippen molar-refractivity contribution in [2.75, 3.05) is 10.0 Å². The van der Waals surface area contributed by atoms with Crippen LogP contribution in [0.3, 0.4) is 0 Å². The maximum Gasteiger partial charge on any atom is 0.291 e. The average Bonchev–Trinajstić information content (AvgIpc) is 2.95. The predicted molar refractivity (Wildman–Crippen MR) is 93.8 cm³/mol. The van der Waals surface area contributed by atoms with Crippen LogP contribution in [0.15, 0.2) is 28.6 Å². The van der Waals surface area contributed by atoms with E-state index in [0.717, 1.165) is 0 Å². The zero-order chi connectivity index (χ0) is 18.8. The van der Waals surface area contributed by atoms with Crippen molar-refractivity contribution in [1.82, 2.24) is 10.2 Å². The normalized spacial score (nSPS) is 11.8. The van der Waals surface area contributed by atoms with Crippen molar-refractivity contribution in [2.24, 2.45) is 11.1 Å². The summed E-state index contributed by atoms with van der Waals surface area (Å²) in [5.41, 5.74) is 4.62. The Morgan fingerprint density at radius 1 is 1.16 bits per heavy atom. The van der Waals surface area contributed by atoms with Gasteiger partial charge in [-0.25, -0.2) is 0 Å². The second kappa shape index (κ2) is 6.76. The van der Waals surface area contributed by atoms with Crippen LogP contribution in [0.4, 0.5) is 10.8 Å². The molecule has 4 N–H and O–H groups in total. The van der Waals surface area contributed by atoms with Crippen molar-refractivity contribution in [3.8, 4) is 0 Å². The van der Waals surface area contributed by atoms with Crippen molar-refractivity contribution in [3.63, 3.8) is 0 Å². The molecule has 1 heterocycles. The summed E-state index contributed by atoms with van der Waals surface area (Å²) in [6.45, 7) is 5.13. The van der Waals surface area contributed by atoms with Crippen LogP contribution in [0.1, 0.15) is 31.1 Å². The molecule has 0 spiro atoms. The minimum atomic E-state index is -4.08. The molecular weight excluding hydrogens is 366 g/mol. The molecular formula is C14H17N5O4S2. The molecule has 25 heavy (non-hydrogen) atoms. The number of nitrogens with two attached hydrogens (primary N) is 1. The van der Waals surface area contributed by atoms with Crippen LogP contribution in [-0.4, -0.2) is 30.4 Å². The van der Waals surface area contributed by atoms with Gasteiger partial charge >= 0.3 is 0 Å². The lowest BCUT2D eigenvalue weighted by atomic mass is 9.96. The van der Waals surface area contributed by atoms with Gasteiger partial charge in [-0.1, -0.05) is 44.2 Å². The number of primary amides is 1. The number of benzene rings is 1. The lowest BCUT2D eigenvalue weighted by Crippen LogP contribution is -2.27. The Balaban J connectivity index is 2.24. The zero-order valence-corrected chi connectivity index (χ0v) is 15.4. The van der Waals surface area contributed by atoms with Crippen molar-refractivity contribution in [2.45, 2.75) is 25.1 Å². The third-order valence-electron chi connectivity index (χ3n) is 2.97. The van der Waals surface area contributed by atoms with Gasteiger partial charge in [-0.2, -0.15) is 8.42 Å². The molecule has 0 aliphatic heterocycles. The fourth-order valence-electron chi connectivity index (χ4n) is 1.63. The number of carbonyl (C=O) groups excluding carboxylic acids is 2. The monoisotopic (exact) mass is 383 g/mol. The SMILES string of the molecule is CC(C)(C)C(=O)Nc1nnc(S(=O)(=O)Nc2ccccc2C(N)=O)s1. The molecule has 134 valence electrons. The Morgan fingerprint density at radius 2 is 1.80 bits per heavy atom. The second-order valence-electron chi connectivity index (χ2n) is 6.09. The van der Waals surface area contributed by atoms with Gasteiger partial charge in [0.05, 0.1) is 11.3 Å². The van der Waals surface area contributed by atoms with Crippen molar-refractivity contribution < 1.29 is 18.0 Å². The van der Waals surface area contributed by atoms with Gasteiger partial charge in [-0.3, -0.25) is 14.3 Å². The number of carbonyl (C=O) groups is 2. The minimum absolute atomic E-state index is 0.0249. The molecule has 2 aromatic rings. The minimum Gasteiger partial charge on any atom is -0.366 e. The highest BCUT2D eigenvalue weighted by molar-refractivity contribution is 7.94. The Kier molecular flexibility index (Phi) is 5.09. The number of hydrogen-bond donors (Lipinski definition) is 3. The molecule has 2 amide bonds. The van der Waals surface area contributed by atoms with E-state index < -0.39 is 21.3 Å². The average molecular weight is 383 g/mol. The Hall–Kier alpha value is -2.53. The summed E-state index contributed by atoms with van der Waals surface area (Å²) >= 11 is 0.697. The molecule has 0 fully saturated rings. The van der Waals surface area contributed by atoms with E-state index in [1.165, 1.54) is 12.1 Å². The van der Waals surface area contributed by atoms with Gasteiger partial charge < -0.3 is 11.1 Å². The molecule has 0 atom stereocenters. The van der Waals surface area contributed by atoms with Crippen LogP contribution in [0.2, 0.25) is 0 Å². The first-order valence-electron chi connectivity index (χ1n) is 7.07. The second-order valence-corrected chi connectivity index (χ2v) is 8.93. The highest BCUT2D eigenvalue weighted by Crippen LogP contribution is 2.25. The summed E-state index contributed by atoms with van der Waals surface area (Å²) in [5, 5.41) is 9.81. The maximum atomic E-state index is 12.4. The topological polar surface area (TPSA) is 144 Å². The lowest BCUT2D eigenvalue weighted by molar-refractivity contribution is -0.123. The lowest BCUT2D eigenvalue weighted by Gasteiger charge is -2.15. The molecule has 2 rings (SSSR count). The summed E-state index contributed by atoms with van der Waals surface area (Å²) in [6.07, 6.45) is 0. The molecule has 0 saturated carbocycles. The fraction of sp³-hybridized carbons (Fsp3) is 0.286. The predicted octanol–water partition coefficient (Wildman–Crippen LogP) is 1.42. The first kappa shape index (κ1) is 18.8. The van der Waals surface area contributed by atoms with E-state index in [9.17, 15) is 18.0 Å². The molecule has 0 unspecified atom stereocenters. The highest BCUT2D eigenvalue weighted by Gasteiger charge is 2.26. The van der Waals surface area contributed by atoms with Gasteiger partial charge in [0.15, 0.2) is 0 Å². The van der Waals surface area contributed by atoms with E-state index in [4.69, 9.17) is 5.73 Å². The van der Waals surface area contributed by atoms with E-state index in [-0.39, 0.29) is 26.6 Å². The van der Waals surface area contributed by atoms with Gasteiger partial charge in [0.2, 0.25) is 11.0 Å². The summed E-state index contributed by atoms with van der Waals surface area (Å²) in [6, 6.07) is 5.92. The van der Waals surface area contributed by atoms with Gasteiger partial charge in [0.1, 0.15) is 0 Å². The molecule has 0 aliphatic rings. The molecule has 11 heteroatoms. The van der Waals surface area contributed by atoms with Crippen molar-refractivity contribution >= 4 is 44.0 Å². The number of nitrogens with zero attached hydrogens (tertiary/aromatic N) is 2. The molecule has 0 bridgehead atoms. The smallest absolute Gasteiger partial charge is 0.291 e. The zero-order valence-electron chi connectivity index (χ0n) is 13.7. The van der Waals surface area contributed by atoms with Crippen molar-refractivity contribution in [3.05, 3.63) is 29.8 Å². The Labute approximate surface area is 148 Å². The van der Waals surface area contributed by atoms with Crippen LogP contribution in [0.5, 0.6) is 0 Å². The van der Waals surface area contributed by atoms with Crippen LogP contribution in [-0.2, 0) is 14.8 Å². The molecule has 0 saturated heterocycles. The van der Waals surface area contributed by atoms with E-state index in [1.807, 2.05) is 0 Å².